The van der Waals surface area contributed by atoms with Gasteiger partial charge in [0, 0.05) is 32.2 Å². The Morgan fingerprint density at radius 3 is 2.88 bits per heavy atom. The topological polar surface area (TPSA) is 60.9 Å². The number of hydrogen-bond acceptors (Lipinski definition) is 5. The Bertz CT molecular complexity index is 876. The van der Waals surface area contributed by atoms with Crippen LogP contribution in [0.25, 0.3) is 11.2 Å². The van der Waals surface area contributed by atoms with E-state index >= 15 is 0 Å². The largest absolute Gasteiger partial charge is 0.350 e. The van der Waals surface area contributed by atoms with Gasteiger partial charge < -0.3 is 9.88 Å². The number of nitrogens with one attached hydrogen (secondary N) is 1. The molecule has 1 N–H and O–H groups in total. The van der Waals surface area contributed by atoms with E-state index in [9.17, 15) is 0 Å². The minimum Gasteiger partial charge on any atom is -0.350 e. The van der Waals surface area contributed by atoms with Gasteiger partial charge in [-0.05, 0) is 24.3 Å². The quantitative estimate of drug-likeness (QED) is 0.789. The number of imidazole rings is 1. The second-order valence-corrected chi connectivity index (χ2v) is 7.49. The lowest BCUT2D eigenvalue weighted by Gasteiger charge is -2.31. The summed E-state index contributed by atoms with van der Waals surface area (Å²) in [5.74, 6) is 1.72. The summed E-state index contributed by atoms with van der Waals surface area (Å²) in [4.78, 5) is 21.6. The number of H-pyrrole nitrogens is 1. The number of likely N-dealkylation sites (tertiary alicyclic amines) is 1. The summed E-state index contributed by atoms with van der Waals surface area (Å²) < 4.78 is 0. The summed E-state index contributed by atoms with van der Waals surface area (Å²) in [5, 5.41) is 0. The average molecular weight is 348 g/mol. The minimum absolute atomic E-state index is 0.516. The summed E-state index contributed by atoms with van der Waals surface area (Å²) in [6, 6.07) is 11.3. The van der Waals surface area contributed by atoms with Crippen molar-refractivity contribution in [3.63, 3.8) is 0 Å². The molecule has 6 heteroatoms. The van der Waals surface area contributed by atoms with Gasteiger partial charge in [-0.1, -0.05) is 36.8 Å². The lowest BCUT2D eigenvalue weighted by Crippen LogP contribution is -2.41. The molecule has 2 fully saturated rings. The van der Waals surface area contributed by atoms with Crippen LogP contribution in [0.3, 0.4) is 0 Å². The van der Waals surface area contributed by atoms with Crippen molar-refractivity contribution in [1.29, 1.82) is 0 Å². The van der Waals surface area contributed by atoms with Crippen molar-refractivity contribution in [3.8, 4) is 0 Å². The van der Waals surface area contributed by atoms with Crippen molar-refractivity contribution in [2.24, 2.45) is 5.92 Å². The molecule has 1 aromatic carbocycles. The van der Waals surface area contributed by atoms with Gasteiger partial charge in [-0.3, -0.25) is 4.90 Å². The fourth-order valence-corrected chi connectivity index (χ4v) is 4.64. The van der Waals surface area contributed by atoms with Crippen molar-refractivity contribution < 1.29 is 0 Å². The predicted molar refractivity (Wildman–Crippen MR) is 102 cm³/mol. The first kappa shape index (κ1) is 15.8. The SMILES string of the molecule is c1ccc(CN2CC3CCCCN(c4ncnc5nc[nH]c45)C3C2)cc1. The second-order valence-electron chi connectivity index (χ2n) is 7.49. The van der Waals surface area contributed by atoms with Crippen LogP contribution in [0.4, 0.5) is 5.82 Å². The van der Waals surface area contributed by atoms with Gasteiger partial charge in [-0.25, -0.2) is 15.0 Å². The molecule has 0 spiro atoms. The zero-order valence-electron chi connectivity index (χ0n) is 14.9. The van der Waals surface area contributed by atoms with Gasteiger partial charge in [0.15, 0.2) is 11.5 Å². The summed E-state index contributed by atoms with van der Waals surface area (Å²) in [6.07, 6.45) is 7.20. The standard InChI is InChI=1S/C20H24N6/c1-2-6-15(7-3-1)10-25-11-16-8-4-5-9-26(17(16)12-25)20-18-19(22-13-21-18)23-14-24-20/h1-3,6-7,13-14,16-17H,4-5,8-12H2,(H,21,22,23,24). The van der Waals surface area contributed by atoms with E-state index in [1.54, 1.807) is 12.7 Å². The predicted octanol–water partition coefficient (Wildman–Crippen LogP) is 2.84. The summed E-state index contributed by atoms with van der Waals surface area (Å²) in [7, 11) is 0. The second kappa shape index (κ2) is 6.68. The highest BCUT2D eigenvalue weighted by molar-refractivity contribution is 5.82. The highest BCUT2D eigenvalue weighted by Crippen LogP contribution is 2.34. The molecule has 3 aromatic rings. The van der Waals surface area contributed by atoms with Crippen LogP contribution in [0.2, 0.25) is 0 Å². The van der Waals surface area contributed by atoms with Crippen LogP contribution >= 0.6 is 0 Å². The van der Waals surface area contributed by atoms with Crippen LogP contribution in [0, 0.1) is 5.92 Å². The third-order valence-corrected chi connectivity index (χ3v) is 5.83. The van der Waals surface area contributed by atoms with Crippen LogP contribution in [0.1, 0.15) is 24.8 Å². The van der Waals surface area contributed by atoms with E-state index in [1.165, 1.54) is 31.4 Å². The van der Waals surface area contributed by atoms with E-state index in [0.717, 1.165) is 36.6 Å². The maximum absolute atomic E-state index is 4.64. The van der Waals surface area contributed by atoms with E-state index in [-0.39, 0.29) is 0 Å². The number of rotatable bonds is 3. The molecule has 6 nitrogen and oxygen atoms in total. The van der Waals surface area contributed by atoms with E-state index in [4.69, 9.17) is 0 Å². The Kier molecular flexibility index (Phi) is 4.05. The molecule has 2 aromatic heterocycles. The van der Waals surface area contributed by atoms with Gasteiger partial charge in [0.25, 0.3) is 0 Å². The normalized spacial score (nSPS) is 23.9. The number of aromatic amines is 1. The van der Waals surface area contributed by atoms with Crippen molar-refractivity contribution >= 4 is 17.0 Å². The van der Waals surface area contributed by atoms with Gasteiger partial charge in [0.05, 0.1) is 6.33 Å². The van der Waals surface area contributed by atoms with Gasteiger partial charge in [-0.2, -0.15) is 0 Å². The summed E-state index contributed by atoms with van der Waals surface area (Å²) in [5.41, 5.74) is 3.12. The van der Waals surface area contributed by atoms with Crippen LogP contribution in [-0.2, 0) is 6.54 Å². The molecule has 0 aliphatic carbocycles. The Labute approximate surface area is 153 Å². The zero-order valence-corrected chi connectivity index (χ0v) is 14.9. The van der Waals surface area contributed by atoms with Crippen molar-refractivity contribution in [2.75, 3.05) is 24.5 Å². The maximum Gasteiger partial charge on any atom is 0.182 e. The molecule has 26 heavy (non-hydrogen) atoms. The lowest BCUT2D eigenvalue weighted by atomic mass is 9.98. The van der Waals surface area contributed by atoms with Crippen molar-refractivity contribution in [2.45, 2.75) is 31.8 Å². The smallest absolute Gasteiger partial charge is 0.182 e. The van der Waals surface area contributed by atoms with Crippen LogP contribution in [0.15, 0.2) is 43.0 Å². The number of anilines is 1. The lowest BCUT2D eigenvalue weighted by molar-refractivity contribution is 0.310. The zero-order chi connectivity index (χ0) is 17.3. The number of benzene rings is 1. The highest BCUT2D eigenvalue weighted by Gasteiger charge is 2.38. The first-order chi connectivity index (χ1) is 12.9. The molecule has 2 saturated heterocycles. The molecule has 0 radical (unpaired) electrons. The van der Waals surface area contributed by atoms with E-state index < -0.39 is 0 Å². The number of aromatic nitrogens is 4. The van der Waals surface area contributed by atoms with Gasteiger partial charge in [-0.15, -0.1) is 0 Å². The van der Waals surface area contributed by atoms with E-state index in [0.29, 0.717) is 12.0 Å². The fourth-order valence-electron chi connectivity index (χ4n) is 4.64. The van der Waals surface area contributed by atoms with Crippen LogP contribution < -0.4 is 4.90 Å². The fraction of sp³-hybridized carbons (Fsp3) is 0.450. The molecule has 0 amide bonds. The summed E-state index contributed by atoms with van der Waals surface area (Å²) in [6.45, 7) is 4.36. The maximum atomic E-state index is 4.64. The first-order valence-electron chi connectivity index (χ1n) is 9.55. The third-order valence-electron chi connectivity index (χ3n) is 5.83. The Morgan fingerprint density at radius 1 is 1.04 bits per heavy atom. The van der Waals surface area contributed by atoms with E-state index in [1.807, 2.05) is 0 Å². The highest BCUT2D eigenvalue weighted by atomic mass is 15.3. The molecule has 2 aliphatic heterocycles. The molecule has 0 bridgehead atoms. The van der Waals surface area contributed by atoms with Gasteiger partial charge in [0.2, 0.25) is 0 Å². The number of hydrogen-bond donors (Lipinski definition) is 1. The van der Waals surface area contributed by atoms with Gasteiger partial charge >= 0.3 is 0 Å². The molecule has 4 heterocycles. The summed E-state index contributed by atoms with van der Waals surface area (Å²) >= 11 is 0. The number of nitrogens with zero attached hydrogens (tertiary/aromatic N) is 5. The Balaban J connectivity index is 1.43. The monoisotopic (exact) mass is 348 g/mol. The Morgan fingerprint density at radius 2 is 1.96 bits per heavy atom. The average Bonchev–Trinajstić information content (AvgIpc) is 3.25. The molecule has 2 unspecified atom stereocenters. The third kappa shape index (κ3) is 2.84. The molecule has 134 valence electrons. The minimum atomic E-state index is 0.516. The molecule has 0 saturated carbocycles. The van der Waals surface area contributed by atoms with Crippen molar-refractivity contribution in [3.05, 3.63) is 48.5 Å². The Hall–Kier alpha value is -2.47. The van der Waals surface area contributed by atoms with Crippen molar-refractivity contribution in [1.82, 2.24) is 24.8 Å². The molecule has 2 aliphatic rings. The molecule has 5 rings (SSSR count). The number of fused-ring (bicyclic) bond motifs is 2. The molecule has 2 atom stereocenters. The molecular formula is C20H24N6. The van der Waals surface area contributed by atoms with Crippen LogP contribution in [0.5, 0.6) is 0 Å². The van der Waals surface area contributed by atoms with Gasteiger partial charge in [0.1, 0.15) is 11.8 Å². The molecular weight excluding hydrogens is 324 g/mol. The van der Waals surface area contributed by atoms with Crippen LogP contribution in [-0.4, -0.2) is 50.5 Å². The first-order valence-corrected chi connectivity index (χ1v) is 9.55. The van der Waals surface area contributed by atoms with E-state index in [2.05, 4.69) is 60.1 Å².